The average molecular weight is 298 g/mol. The van der Waals surface area contributed by atoms with Gasteiger partial charge in [-0.3, -0.25) is 4.79 Å². The van der Waals surface area contributed by atoms with Gasteiger partial charge in [-0.05, 0) is 6.07 Å². The van der Waals surface area contributed by atoms with E-state index in [1.165, 1.54) is 12.4 Å². The number of para-hydroxylation sites is 1. The number of methoxy groups -OCH3 is 1. The molecule has 0 bridgehead atoms. The molecule has 6 nitrogen and oxygen atoms in total. The molecular formula is C16H18N4O2. The van der Waals surface area contributed by atoms with E-state index in [-0.39, 0.29) is 5.91 Å². The minimum Gasteiger partial charge on any atom is -0.496 e. The number of hydrogen-bond donors (Lipinski definition) is 2. The van der Waals surface area contributed by atoms with Crippen LogP contribution in [-0.2, 0) is 6.54 Å². The van der Waals surface area contributed by atoms with E-state index in [1.54, 1.807) is 13.2 Å². The van der Waals surface area contributed by atoms with E-state index in [9.17, 15) is 4.79 Å². The van der Waals surface area contributed by atoms with Gasteiger partial charge in [-0.2, -0.15) is 0 Å². The highest BCUT2D eigenvalue weighted by Gasteiger charge is 2.08. The fraction of sp³-hybridized carbons (Fsp3) is 0.188. The van der Waals surface area contributed by atoms with Gasteiger partial charge in [-0.25, -0.2) is 9.97 Å². The zero-order valence-electron chi connectivity index (χ0n) is 12.4. The molecule has 0 aliphatic heterocycles. The Balaban J connectivity index is 1.95. The number of aromatic nitrogens is 2. The van der Waals surface area contributed by atoms with Gasteiger partial charge in [-0.15, -0.1) is 6.58 Å². The van der Waals surface area contributed by atoms with Crippen molar-refractivity contribution in [2.75, 3.05) is 19.0 Å². The maximum atomic E-state index is 12.1. The number of carbonyl (C=O) groups excluding carboxylic acids is 1. The molecule has 6 heteroatoms. The second kappa shape index (κ2) is 7.78. The quantitative estimate of drug-likeness (QED) is 0.765. The lowest BCUT2D eigenvalue weighted by atomic mass is 10.2. The summed E-state index contributed by atoms with van der Waals surface area (Å²) in [6.45, 7) is 4.54. The Morgan fingerprint density at radius 1 is 1.32 bits per heavy atom. The molecule has 2 N–H and O–H groups in total. The Bertz CT molecular complexity index is 641. The van der Waals surface area contributed by atoms with Crippen LogP contribution in [0.5, 0.6) is 5.75 Å². The summed E-state index contributed by atoms with van der Waals surface area (Å²) < 4.78 is 5.24. The van der Waals surface area contributed by atoms with Gasteiger partial charge in [0.05, 0.1) is 12.7 Å². The van der Waals surface area contributed by atoms with Gasteiger partial charge < -0.3 is 15.4 Å². The van der Waals surface area contributed by atoms with Gasteiger partial charge >= 0.3 is 0 Å². The molecule has 114 valence electrons. The number of benzene rings is 1. The summed E-state index contributed by atoms with van der Waals surface area (Å²) in [7, 11) is 1.60. The van der Waals surface area contributed by atoms with Crippen LogP contribution < -0.4 is 15.4 Å². The fourth-order valence-corrected chi connectivity index (χ4v) is 1.83. The van der Waals surface area contributed by atoms with Crippen molar-refractivity contribution in [3.05, 3.63) is 60.4 Å². The molecule has 0 aliphatic carbocycles. The molecule has 0 aliphatic rings. The van der Waals surface area contributed by atoms with Gasteiger partial charge in [0.25, 0.3) is 5.91 Å². The first-order valence-corrected chi connectivity index (χ1v) is 6.81. The van der Waals surface area contributed by atoms with E-state index < -0.39 is 0 Å². The summed E-state index contributed by atoms with van der Waals surface area (Å²) in [6, 6.07) is 7.53. The number of ether oxygens (including phenoxy) is 1. The van der Waals surface area contributed by atoms with Gasteiger partial charge in [0.15, 0.2) is 0 Å². The summed E-state index contributed by atoms with van der Waals surface area (Å²) in [6.07, 6.45) is 4.67. The molecule has 0 saturated carbocycles. The third kappa shape index (κ3) is 4.05. The third-order valence-electron chi connectivity index (χ3n) is 2.95. The fourth-order valence-electron chi connectivity index (χ4n) is 1.83. The van der Waals surface area contributed by atoms with Crippen LogP contribution >= 0.6 is 0 Å². The lowest BCUT2D eigenvalue weighted by Crippen LogP contribution is -2.23. The number of hydrogen-bond acceptors (Lipinski definition) is 5. The van der Waals surface area contributed by atoms with Crippen LogP contribution in [0.3, 0.4) is 0 Å². The second-order valence-electron chi connectivity index (χ2n) is 4.46. The van der Waals surface area contributed by atoms with Crippen molar-refractivity contribution in [3.8, 4) is 5.75 Å². The molecular weight excluding hydrogens is 280 g/mol. The van der Waals surface area contributed by atoms with Crippen LogP contribution in [0.4, 0.5) is 5.95 Å². The summed E-state index contributed by atoms with van der Waals surface area (Å²) in [5, 5.41) is 5.76. The smallest absolute Gasteiger partial charge is 0.254 e. The van der Waals surface area contributed by atoms with Crippen LogP contribution in [0, 0.1) is 0 Å². The van der Waals surface area contributed by atoms with Crippen LogP contribution in [0.15, 0.2) is 49.3 Å². The molecule has 1 aromatic carbocycles. The standard InChI is InChI=1S/C16H18N4O2/c1-3-8-17-16-19-10-13(11-20-16)15(21)18-9-12-6-4-5-7-14(12)22-2/h3-7,10-11H,1,8-9H2,2H3,(H,18,21)(H,17,19,20). The normalized spacial score (nSPS) is 9.86. The molecule has 0 atom stereocenters. The van der Waals surface area contributed by atoms with Crippen LogP contribution in [0.1, 0.15) is 15.9 Å². The monoisotopic (exact) mass is 298 g/mol. The molecule has 0 spiro atoms. The van der Waals surface area contributed by atoms with Gasteiger partial charge in [0, 0.05) is 31.0 Å². The maximum Gasteiger partial charge on any atom is 0.254 e. The van der Waals surface area contributed by atoms with Gasteiger partial charge in [-0.1, -0.05) is 24.3 Å². The largest absolute Gasteiger partial charge is 0.496 e. The molecule has 0 radical (unpaired) electrons. The summed E-state index contributed by atoms with van der Waals surface area (Å²) >= 11 is 0. The molecule has 0 unspecified atom stereocenters. The minimum absolute atomic E-state index is 0.235. The molecule has 0 fully saturated rings. The number of nitrogens with zero attached hydrogens (tertiary/aromatic N) is 2. The van der Waals surface area contributed by atoms with Gasteiger partial charge in [0.1, 0.15) is 5.75 Å². The van der Waals surface area contributed by atoms with Crippen molar-refractivity contribution in [2.45, 2.75) is 6.54 Å². The Hall–Kier alpha value is -2.89. The van der Waals surface area contributed by atoms with Crippen molar-refractivity contribution in [2.24, 2.45) is 0 Å². The van der Waals surface area contributed by atoms with Crippen molar-refractivity contribution in [1.29, 1.82) is 0 Å². The highest BCUT2D eigenvalue weighted by Crippen LogP contribution is 2.16. The van der Waals surface area contributed by atoms with E-state index in [4.69, 9.17) is 4.74 Å². The average Bonchev–Trinajstić information content (AvgIpc) is 2.58. The van der Waals surface area contributed by atoms with E-state index >= 15 is 0 Å². The molecule has 2 aromatic rings. The van der Waals surface area contributed by atoms with Crippen molar-refractivity contribution in [1.82, 2.24) is 15.3 Å². The molecule has 1 aromatic heterocycles. The Kier molecular flexibility index (Phi) is 5.48. The van der Waals surface area contributed by atoms with Crippen LogP contribution in [0.25, 0.3) is 0 Å². The van der Waals surface area contributed by atoms with Crippen LogP contribution in [0.2, 0.25) is 0 Å². The van der Waals surface area contributed by atoms with Gasteiger partial charge in [0.2, 0.25) is 5.95 Å². The maximum absolute atomic E-state index is 12.1. The number of rotatable bonds is 7. The molecule has 22 heavy (non-hydrogen) atoms. The zero-order valence-corrected chi connectivity index (χ0v) is 12.4. The van der Waals surface area contributed by atoms with Crippen molar-refractivity contribution in [3.63, 3.8) is 0 Å². The zero-order chi connectivity index (χ0) is 15.8. The number of amides is 1. The molecule has 2 rings (SSSR count). The summed E-state index contributed by atoms with van der Waals surface area (Å²) in [5.41, 5.74) is 1.31. The van der Waals surface area contributed by atoms with Crippen LogP contribution in [-0.4, -0.2) is 29.5 Å². The summed E-state index contributed by atoms with van der Waals surface area (Å²) in [5.74, 6) is 0.963. The number of nitrogens with one attached hydrogen (secondary N) is 2. The molecule has 0 saturated heterocycles. The number of anilines is 1. The first kappa shape index (κ1) is 15.5. The molecule has 1 amide bonds. The first-order chi connectivity index (χ1) is 10.7. The highest BCUT2D eigenvalue weighted by molar-refractivity contribution is 5.93. The van der Waals surface area contributed by atoms with E-state index in [0.717, 1.165) is 11.3 Å². The Morgan fingerprint density at radius 3 is 2.73 bits per heavy atom. The SMILES string of the molecule is C=CCNc1ncc(C(=O)NCc2ccccc2OC)cn1. The minimum atomic E-state index is -0.235. The predicted octanol–water partition coefficient (Wildman–Crippen LogP) is 2.01. The Labute approximate surface area is 129 Å². The Morgan fingerprint density at radius 2 is 2.05 bits per heavy atom. The topological polar surface area (TPSA) is 76.1 Å². The van der Waals surface area contributed by atoms with Crippen molar-refractivity contribution >= 4 is 11.9 Å². The summed E-state index contributed by atoms with van der Waals surface area (Å²) in [4.78, 5) is 20.2. The number of carbonyl (C=O) groups is 1. The lowest BCUT2D eigenvalue weighted by Gasteiger charge is -2.09. The first-order valence-electron chi connectivity index (χ1n) is 6.81. The predicted molar refractivity (Wildman–Crippen MR) is 84.9 cm³/mol. The second-order valence-corrected chi connectivity index (χ2v) is 4.46. The van der Waals surface area contributed by atoms with Crippen molar-refractivity contribution < 1.29 is 9.53 Å². The van der Waals surface area contributed by atoms with E-state index in [1.807, 2.05) is 24.3 Å². The van der Waals surface area contributed by atoms with E-state index in [0.29, 0.717) is 24.6 Å². The molecule has 1 heterocycles. The van der Waals surface area contributed by atoms with E-state index in [2.05, 4.69) is 27.2 Å². The highest BCUT2D eigenvalue weighted by atomic mass is 16.5. The lowest BCUT2D eigenvalue weighted by molar-refractivity contribution is 0.0950. The third-order valence-corrected chi connectivity index (χ3v) is 2.95.